The van der Waals surface area contributed by atoms with E-state index in [-0.39, 0.29) is 0 Å². The summed E-state index contributed by atoms with van der Waals surface area (Å²) in [4.78, 5) is 0. The summed E-state index contributed by atoms with van der Waals surface area (Å²) < 4.78 is 0. The fourth-order valence-corrected chi connectivity index (χ4v) is 4.29. The first kappa shape index (κ1) is 10.1. The molecule has 0 heterocycles. The molecule has 5 unspecified atom stereocenters. The fraction of sp³-hybridized carbons (Fsp3) is 1.00. The average molecular weight is 208 g/mol. The molecule has 3 saturated carbocycles. The van der Waals surface area contributed by atoms with Gasteiger partial charge in [-0.25, -0.2) is 0 Å². The molecule has 3 aliphatic rings. The van der Waals surface area contributed by atoms with Crippen LogP contribution in [-0.4, -0.2) is 18.6 Å². The van der Waals surface area contributed by atoms with Gasteiger partial charge in [0.25, 0.3) is 0 Å². The summed E-state index contributed by atoms with van der Waals surface area (Å²) in [5, 5.41) is 3.76. The van der Waals surface area contributed by atoms with Gasteiger partial charge in [0.15, 0.2) is 0 Å². The molecule has 0 aromatic heterocycles. The first-order chi connectivity index (χ1) is 7.27. The van der Waals surface area contributed by atoms with E-state index in [1.54, 1.807) is 6.42 Å². The lowest BCUT2D eigenvalue weighted by Crippen LogP contribution is -2.25. The van der Waals surface area contributed by atoms with Crippen molar-refractivity contribution in [3.63, 3.8) is 0 Å². The van der Waals surface area contributed by atoms with Crippen molar-refractivity contribution in [3.05, 3.63) is 0 Å². The van der Waals surface area contributed by atoms with Crippen molar-refractivity contribution in [1.29, 1.82) is 0 Å². The number of hydrogen-bond acceptors (Lipinski definition) is 2. The quantitative estimate of drug-likeness (QED) is 0.676. The molecule has 0 aromatic carbocycles. The lowest BCUT2D eigenvalue weighted by Gasteiger charge is -2.11. The number of nitrogens with two attached hydrogens (primary N) is 1. The Balaban J connectivity index is 1.37. The number of fused-ring (bicyclic) bond motifs is 5. The van der Waals surface area contributed by atoms with E-state index in [0.29, 0.717) is 6.04 Å². The van der Waals surface area contributed by atoms with E-state index in [1.807, 2.05) is 0 Å². The van der Waals surface area contributed by atoms with E-state index in [0.717, 1.165) is 29.7 Å². The van der Waals surface area contributed by atoms with Crippen molar-refractivity contribution in [1.82, 2.24) is 5.32 Å². The van der Waals surface area contributed by atoms with Gasteiger partial charge in [0.05, 0.1) is 0 Å². The van der Waals surface area contributed by atoms with Crippen LogP contribution >= 0.6 is 0 Å². The predicted molar refractivity (Wildman–Crippen MR) is 62.5 cm³/mol. The van der Waals surface area contributed by atoms with Crippen LogP contribution in [0.1, 0.15) is 39.0 Å². The van der Waals surface area contributed by atoms with E-state index in [1.165, 1.54) is 32.2 Å². The Morgan fingerprint density at radius 1 is 1.27 bits per heavy atom. The largest absolute Gasteiger partial charge is 0.328 e. The van der Waals surface area contributed by atoms with Gasteiger partial charge in [0.1, 0.15) is 0 Å². The van der Waals surface area contributed by atoms with E-state index >= 15 is 0 Å². The molecule has 0 aliphatic heterocycles. The summed E-state index contributed by atoms with van der Waals surface area (Å²) in [5.41, 5.74) is 5.74. The van der Waals surface area contributed by atoms with Gasteiger partial charge in [-0.2, -0.15) is 0 Å². The molecule has 3 rings (SSSR count). The van der Waals surface area contributed by atoms with E-state index in [4.69, 9.17) is 5.73 Å². The third-order valence-corrected chi connectivity index (χ3v) is 4.95. The maximum absolute atomic E-state index is 5.74. The minimum absolute atomic E-state index is 0.377. The monoisotopic (exact) mass is 208 g/mol. The van der Waals surface area contributed by atoms with Crippen LogP contribution in [0.5, 0.6) is 0 Å². The van der Waals surface area contributed by atoms with Gasteiger partial charge in [-0.3, -0.25) is 0 Å². The van der Waals surface area contributed by atoms with Crippen LogP contribution in [0.3, 0.4) is 0 Å². The predicted octanol–water partition coefficient (Wildman–Crippen LogP) is 1.75. The zero-order chi connectivity index (χ0) is 10.4. The Kier molecular flexibility index (Phi) is 2.52. The Morgan fingerprint density at radius 3 is 2.53 bits per heavy atom. The van der Waals surface area contributed by atoms with Crippen LogP contribution in [0.25, 0.3) is 0 Å². The molecule has 2 nitrogen and oxygen atoms in total. The first-order valence-electron chi connectivity index (χ1n) is 6.76. The highest BCUT2D eigenvalue weighted by Crippen LogP contribution is 2.65. The van der Waals surface area contributed by atoms with Crippen LogP contribution in [-0.2, 0) is 0 Å². The molecule has 3 aliphatic carbocycles. The smallest absolute Gasteiger partial charge is 0.0135 e. The number of hydrogen-bond donors (Lipinski definition) is 2. The molecular formula is C13H24N2. The van der Waals surface area contributed by atoms with Crippen molar-refractivity contribution in [3.8, 4) is 0 Å². The van der Waals surface area contributed by atoms with Crippen LogP contribution in [0.15, 0.2) is 0 Å². The normalized spacial score (nSPS) is 48.0. The van der Waals surface area contributed by atoms with Gasteiger partial charge in [-0.05, 0) is 69.2 Å². The van der Waals surface area contributed by atoms with Gasteiger partial charge in [0.2, 0.25) is 0 Å². The molecule has 2 heteroatoms. The molecule has 0 amide bonds. The Hall–Kier alpha value is -0.0800. The molecule has 86 valence electrons. The molecule has 15 heavy (non-hydrogen) atoms. The summed E-state index contributed by atoms with van der Waals surface area (Å²) in [7, 11) is 0. The van der Waals surface area contributed by atoms with E-state index in [9.17, 15) is 0 Å². The van der Waals surface area contributed by atoms with Gasteiger partial charge >= 0.3 is 0 Å². The second-order valence-electron chi connectivity index (χ2n) is 6.09. The summed E-state index contributed by atoms with van der Waals surface area (Å²) in [6.45, 7) is 3.30. The summed E-state index contributed by atoms with van der Waals surface area (Å²) in [6, 6.07) is 1.28. The SMILES string of the molecule is CC(N)CCCNC1C2C3CCC(C3)C12. The minimum atomic E-state index is 0.377. The highest BCUT2D eigenvalue weighted by Gasteiger charge is 2.64. The van der Waals surface area contributed by atoms with Crippen molar-refractivity contribution in [2.75, 3.05) is 6.54 Å². The standard InChI is InChI=1S/C13H24N2/c1-8(14)3-2-6-15-13-11-9-4-5-10(7-9)12(11)13/h8-13,15H,2-7,14H2,1H3. The first-order valence-corrected chi connectivity index (χ1v) is 6.76. The van der Waals surface area contributed by atoms with Gasteiger partial charge in [-0.1, -0.05) is 0 Å². The minimum Gasteiger partial charge on any atom is -0.328 e. The topological polar surface area (TPSA) is 38.0 Å². The molecule has 0 spiro atoms. The van der Waals surface area contributed by atoms with Gasteiger partial charge in [-0.15, -0.1) is 0 Å². The highest BCUT2D eigenvalue weighted by atomic mass is 15.0. The second kappa shape index (κ2) is 3.74. The maximum Gasteiger partial charge on any atom is 0.0135 e. The molecular weight excluding hydrogens is 184 g/mol. The Bertz CT molecular complexity index is 223. The zero-order valence-corrected chi connectivity index (χ0v) is 9.78. The zero-order valence-electron chi connectivity index (χ0n) is 9.78. The third-order valence-electron chi connectivity index (χ3n) is 4.95. The van der Waals surface area contributed by atoms with Gasteiger partial charge < -0.3 is 11.1 Å². The molecule has 3 N–H and O–H groups in total. The molecule has 0 radical (unpaired) electrons. The fourth-order valence-electron chi connectivity index (χ4n) is 4.29. The molecule has 2 bridgehead atoms. The highest BCUT2D eigenvalue weighted by molar-refractivity contribution is 5.16. The lowest BCUT2D eigenvalue weighted by molar-refractivity contribution is 0.453. The summed E-state index contributed by atoms with van der Waals surface area (Å²) in [6.07, 6.45) is 7.05. The summed E-state index contributed by atoms with van der Waals surface area (Å²) in [5.74, 6) is 4.37. The average Bonchev–Trinajstić information content (AvgIpc) is 2.61. The molecule has 5 atom stereocenters. The Labute approximate surface area is 93.0 Å². The number of rotatable bonds is 5. The van der Waals surface area contributed by atoms with Crippen molar-refractivity contribution < 1.29 is 0 Å². The summed E-state index contributed by atoms with van der Waals surface area (Å²) >= 11 is 0. The van der Waals surface area contributed by atoms with Crippen molar-refractivity contribution in [2.24, 2.45) is 29.4 Å². The number of nitrogens with one attached hydrogen (secondary N) is 1. The van der Waals surface area contributed by atoms with E-state index in [2.05, 4.69) is 12.2 Å². The van der Waals surface area contributed by atoms with E-state index < -0.39 is 0 Å². The van der Waals surface area contributed by atoms with Crippen molar-refractivity contribution in [2.45, 2.75) is 51.1 Å². The third kappa shape index (κ3) is 1.72. The van der Waals surface area contributed by atoms with Crippen LogP contribution in [0, 0.1) is 23.7 Å². The molecule has 3 fully saturated rings. The van der Waals surface area contributed by atoms with Crippen molar-refractivity contribution >= 4 is 0 Å². The second-order valence-corrected chi connectivity index (χ2v) is 6.09. The Morgan fingerprint density at radius 2 is 1.93 bits per heavy atom. The van der Waals surface area contributed by atoms with Crippen LogP contribution in [0.4, 0.5) is 0 Å². The molecule has 0 saturated heterocycles. The maximum atomic E-state index is 5.74. The molecule has 0 aromatic rings. The van der Waals surface area contributed by atoms with Crippen LogP contribution in [0.2, 0.25) is 0 Å². The lowest BCUT2D eigenvalue weighted by atomic mass is 10.0. The van der Waals surface area contributed by atoms with Gasteiger partial charge in [0, 0.05) is 12.1 Å². The van der Waals surface area contributed by atoms with Crippen LogP contribution < -0.4 is 11.1 Å².